The summed E-state index contributed by atoms with van der Waals surface area (Å²) in [6.07, 6.45) is 0. The Kier molecular flexibility index (Phi) is 7.03. The molecule has 0 aliphatic carbocycles. The normalized spacial score (nSPS) is 14.1. The summed E-state index contributed by atoms with van der Waals surface area (Å²) in [5.41, 5.74) is 0.973. The highest BCUT2D eigenvalue weighted by Crippen LogP contribution is 2.26. The molecule has 0 fully saturated rings. The fourth-order valence-electron chi connectivity index (χ4n) is 2.32. The molecule has 0 aromatic heterocycles. The number of nitrogens with one attached hydrogen (secondary N) is 2. The molecule has 1 unspecified atom stereocenters. The highest BCUT2D eigenvalue weighted by Gasteiger charge is 2.24. The number of benzene rings is 1. The van der Waals surface area contributed by atoms with E-state index in [-0.39, 0.29) is 23.8 Å². The van der Waals surface area contributed by atoms with Crippen molar-refractivity contribution in [1.82, 2.24) is 10.6 Å². The van der Waals surface area contributed by atoms with Gasteiger partial charge in [-0.3, -0.25) is 4.79 Å². The third-order valence-corrected chi connectivity index (χ3v) is 3.53. The van der Waals surface area contributed by atoms with Crippen LogP contribution in [0.4, 0.5) is 0 Å². The topological polar surface area (TPSA) is 41.1 Å². The van der Waals surface area contributed by atoms with E-state index < -0.39 is 0 Å². The molecule has 1 amide bonds. The van der Waals surface area contributed by atoms with Crippen molar-refractivity contribution in [2.45, 2.75) is 39.7 Å². The number of carbonyl (C=O) groups is 1. The number of halogens is 1. The number of amides is 1. The zero-order valence-electron chi connectivity index (χ0n) is 12.7. The molecule has 20 heavy (non-hydrogen) atoms. The molecular weight excluding hydrogens is 272 g/mol. The highest BCUT2D eigenvalue weighted by atomic mass is 35.5. The number of hydrogen-bond acceptors (Lipinski definition) is 2. The Balaban J connectivity index is 2.74. The lowest BCUT2D eigenvalue weighted by molar-refractivity contribution is -0.123. The standard InChI is InChI=1S/C16H25ClN2O/c1-5-18-12(4)10-19-16(20)15(11(2)3)13-7-6-8-14(17)9-13/h6-9,11-12,15,18H,5,10H2,1-4H3,(H,19,20)/t12-,15?/m1/s1. The van der Waals surface area contributed by atoms with Gasteiger partial charge in [-0.25, -0.2) is 0 Å². The molecule has 1 rings (SSSR count). The second-order valence-corrected chi connectivity index (χ2v) is 5.92. The van der Waals surface area contributed by atoms with Gasteiger partial charge in [-0.05, 0) is 37.1 Å². The minimum Gasteiger partial charge on any atom is -0.354 e. The van der Waals surface area contributed by atoms with Crippen molar-refractivity contribution in [3.8, 4) is 0 Å². The van der Waals surface area contributed by atoms with Crippen molar-refractivity contribution in [2.24, 2.45) is 5.92 Å². The van der Waals surface area contributed by atoms with Gasteiger partial charge in [0.1, 0.15) is 0 Å². The van der Waals surface area contributed by atoms with Crippen molar-refractivity contribution in [1.29, 1.82) is 0 Å². The maximum atomic E-state index is 12.4. The van der Waals surface area contributed by atoms with Gasteiger partial charge in [-0.1, -0.05) is 44.5 Å². The maximum Gasteiger partial charge on any atom is 0.227 e. The van der Waals surface area contributed by atoms with Gasteiger partial charge < -0.3 is 10.6 Å². The molecule has 1 aromatic rings. The van der Waals surface area contributed by atoms with E-state index in [0.29, 0.717) is 11.6 Å². The molecular formula is C16H25ClN2O. The number of likely N-dealkylation sites (N-methyl/N-ethyl adjacent to an activating group) is 1. The predicted molar refractivity (Wildman–Crippen MR) is 85.2 cm³/mol. The van der Waals surface area contributed by atoms with E-state index in [1.54, 1.807) is 0 Å². The molecule has 112 valence electrons. The largest absolute Gasteiger partial charge is 0.354 e. The average Bonchev–Trinajstić information content (AvgIpc) is 2.36. The first-order valence-corrected chi connectivity index (χ1v) is 7.60. The van der Waals surface area contributed by atoms with Crippen LogP contribution < -0.4 is 10.6 Å². The lowest BCUT2D eigenvalue weighted by Crippen LogP contribution is -2.41. The molecule has 1 aromatic carbocycles. The van der Waals surface area contributed by atoms with Crippen molar-refractivity contribution in [3.05, 3.63) is 34.9 Å². The molecule has 0 saturated heterocycles. The van der Waals surface area contributed by atoms with Gasteiger partial charge in [0, 0.05) is 17.6 Å². The van der Waals surface area contributed by atoms with Crippen molar-refractivity contribution >= 4 is 17.5 Å². The van der Waals surface area contributed by atoms with Crippen LogP contribution in [0, 0.1) is 5.92 Å². The lowest BCUT2D eigenvalue weighted by atomic mass is 9.87. The SMILES string of the molecule is CCN[C@H](C)CNC(=O)C(c1cccc(Cl)c1)C(C)C. The maximum absolute atomic E-state index is 12.4. The van der Waals surface area contributed by atoms with Crippen molar-refractivity contribution < 1.29 is 4.79 Å². The summed E-state index contributed by atoms with van der Waals surface area (Å²) in [4.78, 5) is 12.4. The van der Waals surface area contributed by atoms with E-state index in [0.717, 1.165) is 12.1 Å². The van der Waals surface area contributed by atoms with E-state index in [1.165, 1.54) is 0 Å². The van der Waals surface area contributed by atoms with Crippen LogP contribution in [0.25, 0.3) is 0 Å². The number of carbonyl (C=O) groups excluding carboxylic acids is 1. The molecule has 0 bridgehead atoms. The fourth-order valence-corrected chi connectivity index (χ4v) is 2.52. The summed E-state index contributed by atoms with van der Waals surface area (Å²) in [6.45, 7) is 9.77. The highest BCUT2D eigenvalue weighted by molar-refractivity contribution is 6.30. The van der Waals surface area contributed by atoms with Crippen LogP contribution in [-0.2, 0) is 4.79 Å². The van der Waals surface area contributed by atoms with Crippen LogP contribution in [0.3, 0.4) is 0 Å². The number of hydrogen-bond donors (Lipinski definition) is 2. The Labute approximate surface area is 127 Å². The van der Waals surface area contributed by atoms with Gasteiger partial charge in [0.25, 0.3) is 0 Å². The zero-order chi connectivity index (χ0) is 15.1. The van der Waals surface area contributed by atoms with Crippen LogP contribution in [0.5, 0.6) is 0 Å². The second kappa shape index (κ2) is 8.28. The van der Waals surface area contributed by atoms with Crippen LogP contribution in [0.2, 0.25) is 5.02 Å². The van der Waals surface area contributed by atoms with Gasteiger partial charge in [0.2, 0.25) is 5.91 Å². The Bertz CT molecular complexity index is 434. The third-order valence-electron chi connectivity index (χ3n) is 3.29. The molecule has 3 nitrogen and oxygen atoms in total. The number of rotatable bonds is 7. The smallest absolute Gasteiger partial charge is 0.227 e. The Morgan fingerprint density at radius 3 is 2.55 bits per heavy atom. The Morgan fingerprint density at radius 1 is 1.30 bits per heavy atom. The van der Waals surface area contributed by atoms with E-state index in [1.807, 2.05) is 24.3 Å². The van der Waals surface area contributed by atoms with Gasteiger partial charge in [-0.2, -0.15) is 0 Å². The molecule has 2 atom stereocenters. The monoisotopic (exact) mass is 296 g/mol. The van der Waals surface area contributed by atoms with E-state index >= 15 is 0 Å². The zero-order valence-corrected chi connectivity index (χ0v) is 13.5. The summed E-state index contributed by atoms with van der Waals surface area (Å²) < 4.78 is 0. The van der Waals surface area contributed by atoms with Crippen LogP contribution in [0.15, 0.2) is 24.3 Å². The molecule has 4 heteroatoms. The predicted octanol–water partition coefficient (Wildman–Crippen LogP) is 3.19. The molecule has 2 N–H and O–H groups in total. The van der Waals surface area contributed by atoms with Gasteiger partial charge in [-0.15, -0.1) is 0 Å². The van der Waals surface area contributed by atoms with Crippen LogP contribution >= 0.6 is 11.6 Å². The van der Waals surface area contributed by atoms with Gasteiger partial charge in [0.15, 0.2) is 0 Å². The summed E-state index contributed by atoms with van der Waals surface area (Å²) >= 11 is 6.03. The minimum absolute atomic E-state index is 0.0621. The molecule has 0 spiro atoms. The van der Waals surface area contributed by atoms with Crippen LogP contribution in [-0.4, -0.2) is 25.0 Å². The summed E-state index contributed by atoms with van der Waals surface area (Å²) in [5, 5.41) is 6.97. The van der Waals surface area contributed by atoms with E-state index in [9.17, 15) is 4.79 Å². The Morgan fingerprint density at radius 2 is 2.00 bits per heavy atom. The van der Waals surface area contributed by atoms with Gasteiger partial charge in [0.05, 0.1) is 5.92 Å². The summed E-state index contributed by atoms with van der Waals surface area (Å²) in [6, 6.07) is 7.83. The first kappa shape index (κ1) is 17.0. The molecule has 0 heterocycles. The quantitative estimate of drug-likeness (QED) is 0.811. The minimum atomic E-state index is -0.164. The fraction of sp³-hybridized carbons (Fsp3) is 0.562. The third kappa shape index (κ3) is 5.14. The van der Waals surface area contributed by atoms with E-state index in [4.69, 9.17) is 11.6 Å². The molecule has 0 saturated carbocycles. The van der Waals surface area contributed by atoms with Crippen molar-refractivity contribution in [3.63, 3.8) is 0 Å². The average molecular weight is 297 g/mol. The first-order chi connectivity index (χ1) is 9.45. The first-order valence-electron chi connectivity index (χ1n) is 7.22. The molecule has 0 aliphatic heterocycles. The summed E-state index contributed by atoms with van der Waals surface area (Å²) in [7, 11) is 0. The van der Waals surface area contributed by atoms with E-state index in [2.05, 4.69) is 38.3 Å². The van der Waals surface area contributed by atoms with Gasteiger partial charge >= 0.3 is 0 Å². The van der Waals surface area contributed by atoms with Crippen molar-refractivity contribution in [2.75, 3.05) is 13.1 Å². The molecule has 0 aliphatic rings. The Hall–Kier alpha value is -1.06. The summed E-state index contributed by atoms with van der Waals surface area (Å²) in [5.74, 6) is 0.123. The second-order valence-electron chi connectivity index (χ2n) is 5.48. The van der Waals surface area contributed by atoms with Crippen LogP contribution in [0.1, 0.15) is 39.2 Å². The lowest BCUT2D eigenvalue weighted by Gasteiger charge is -2.22. The molecule has 0 radical (unpaired) electrons.